The number of benzene rings is 1. The van der Waals surface area contributed by atoms with Crippen LogP contribution in [-0.2, 0) is 11.2 Å². The van der Waals surface area contributed by atoms with Gasteiger partial charge in [0.1, 0.15) is 5.01 Å². The molecular weight excluding hydrogens is 462 g/mol. The molecule has 136 valence electrons. The molecule has 1 amide bonds. The molecule has 27 heavy (non-hydrogen) atoms. The summed E-state index contributed by atoms with van der Waals surface area (Å²) in [5.74, 6) is -0.103. The number of halogens is 1. The van der Waals surface area contributed by atoms with Crippen LogP contribution in [0.5, 0.6) is 0 Å². The molecule has 0 saturated carbocycles. The van der Waals surface area contributed by atoms with Gasteiger partial charge in [0.25, 0.3) is 0 Å². The van der Waals surface area contributed by atoms with Gasteiger partial charge in [0.05, 0.1) is 22.7 Å². The molecule has 0 atom stereocenters. The summed E-state index contributed by atoms with van der Waals surface area (Å²) >= 11 is 8.14. The lowest BCUT2D eigenvalue weighted by atomic mass is 10.1. The number of thiazole rings is 2. The van der Waals surface area contributed by atoms with Crippen molar-refractivity contribution in [3.63, 3.8) is 0 Å². The zero-order chi connectivity index (χ0) is 18.8. The van der Waals surface area contributed by atoms with E-state index in [1.807, 2.05) is 54.1 Å². The molecule has 0 aliphatic carbocycles. The summed E-state index contributed by atoms with van der Waals surface area (Å²) in [6, 6.07) is 12.0. The largest absolute Gasteiger partial charge is 0.302 e. The minimum absolute atomic E-state index is 0.103. The molecule has 0 aliphatic heterocycles. The number of carbonyl (C=O) groups is 1. The van der Waals surface area contributed by atoms with Gasteiger partial charge in [0.15, 0.2) is 5.13 Å². The number of aryl methyl sites for hydroxylation is 1. The molecular formula is C19H14BrN3OS3. The van der Waals surface area contributed by atoms with Crippen molar-refractivity contribution in [3.05, 3.63) is 62.2 Å². The highest BCUT2D eigenvalue weighted by molar-refractivity contribution is 9.10. The molecule has 3 heterocycles. The van der Waals surface area contributed by atoms with Gasteiger partial charge >= 0.3 is 0 Å². The standard InChI is InChI=1S/C19H14BrN3OS3/c1-11-17(12-4-6-13(20)7-5-12)23-19(27-11)22-16(24)9-14-10-26-18(21-14)15-3-2-8-25-15/h2-8,10H,9H2,1H3,(H,22,23,24). The van der Waals surface area contributed by atoms with Crippen LogP contribution in [0.15, 0.2) is 51.6 Å². The number of hydrogen-bond donors (Lipinski definition) is 1. The normalized spacial score (nSPS) is 10.9. The first-order valence-electron chi connectivity index (χ1n) is 8.10. The lowest BCUT2D eigenvalue weighted by molar-refractivity contribution is -0.115. The molecule has 4 aromatic rings. The highest BCUT2D eigenvalue weighted by Crippen LogP contribution is 2.31. The van der Waals surface area contributed by atoms with Crippen LogP contribution in [0.1, 0.15) is 10.6 Å². The Kier molecular flexibility index (Phi) is 5.49. The minimum Gasteiger partial charge on any atom is -0.302 e. The third kappa shape index (κ3) is 4.35. The Hall–Kier alpha value is -1.87. The van der Waals surface area contributed by atoms with Crippen LogP contribution >= 0.6 is 49.9 Å². The smallest absolute Gasteiger partial charge is 0.232 e. The monoisotopic (exact) mass is 475 g/mol. The van der Waals surface area contributed by atoms with Gasteiger partial charge in [-0.2, -0.15) is 0 Å². The van der Waals surface area contributed by atoms with Gasteiger partial charge in [-0.1, -0.05) is 34.1 Å². The third-order valence-electron chi connectivity index (χ3n) is 3.79. The van der Waals surface area contributed by atoms with Crippen LogP contribution < -0.4 is 5.32 Å². The average molecular weight is 476 g/mol. The van der Waals surface area contributed by atoms with E-state index >= 15 is 0 Å². The first kappa shape index (κ1) is 18.5. The van der Waals surface area contributed by atoms with Gasteiger partial charge in [-0.25, -0.2) is 9.97 Å². The van der Waals surface area contributed by atoms with E-state index < -0.39 is 0 Å². The molecule has 1 N–H and O–H groups in total. The van der Waals surface area contributed by atoms with E-state index in [1.165, 1.54) is 11.3 Å². The summed E-state index contributed by atoms with van der Waals surface area (Å²) in [5.41, 5.74) is 2.71. The number of hydrogen-bond acceptors (Lipinski definition) is 6. The molecule has 8 heteroatoms. The molecule has 3 aromatic heterocycles. The molecule has 1 aromatic carbocycles. The van der Waals surface area contributed by atoms with E-state index in [0.717, 1.165) is 36.2 Å². The average Bonchev–Trinajstić information content (AvgIpc) is 3.37. The Morgan fingerprint density at radius 2 is 1.96 bits per heavy atom. The molecule has 0 saturated heterocycles. The number of nitrogens with one attached hydrogen (secondary N) is 1. The molecule has 0 bridgehead atoms. The molecule has 0 unspecified atom stereocenters. The molecule has 0 fully saturated rings. The number of carbonyl (C=O) groups excluding carboxylic acids is 1. The fraction of sp³-hybridized carbons (Fsp3) is 0.105. The first-order valence-corrected chi connectivity index (χ1v) is 11.5. The minimum atomic E-state index is -0.103. The van der Waals surface area contributed by atoms with Crippen molar-refractivity contribution in [3.8, 4) is 21.1 Å². The number of thiophene rings is 1. The highest BCUT2D eigenvalue weighted by Gasteiger charge is 2.14. The first-order chi connectivity index (χ1) is 13.1. The summed E-state index contributed by atoms with van der Waals surface area (Å²) in [7, 11) is 0. The van der Waals surface area contributed by atoms with Gasteiger partial charge in [-0.05, 0) is 30.5 Å². The summed E-state index contributed by atoms with van der Waals surface area (Å²) in [6.07, 6.45) is 0.244. The zero-order valence-corrected chi connectivity index (χ0v) is 18.3. The van der Waals surface area contributed by atoms with Crippen molar-refractivity contribution in [1.29, 1.82) is 0 Å². The maximum atomic E-state index is 12.4. The van der Waals surface area contributed by atoms with Crippen LogP contribution in [0.3, 0.4) is 0 Å². The number of rotatable bonds is 5. The summed E-state index contributed by atoms with van der Waals surface area (Å²) in [6.45, 7) is 2.01. The van der Waals surface area contributed by atoms with E-state index in [9.17, 15) is 4.79 Å². The van der Waals surface area contributed by atoms with Gasteiger partial charge in [-0.3, -0.25) is 4.79 Å². The van der Waals surface area contributed by atoms with Crippen LogP contribution in [0.2, 0.25) is 0 Å². The van der Waals surface area contributed by atoms with E-state index in [0.29, 0.717) is 5.13 Å². The van der Waals surface area contributed by atoms with E-state index in [1.54, 1.807) is 22.7 Å². The van der Waals surface area contributed by atoms with E-state index in [-0.39, 0.29) is 12.3 Å². The van der Waals surface area contributed by atoms with Crippen LogP contribution in [0, 0.1) is 6.92 Å². The summed E-state index contributed by atoms with van der Waals surface area (Å²) in [4.78, 5) is 23.7. The molecule has 0 radical (unpaired) electrons. The second-order valence-corrected chi connectivity index (χ2v) is 9.70. The van der Waals surface area contributed by atoms with Crippen LogP contribution in [0.25, 0.3) is 21.1 Å². The fourth-order valence-electron chi connectivity index (χ4n) is 2.56. The second kappa shape index (κ2) is 8.02. The Morgan fingerprint density at radius 1 is 1.15 bits per heavy atom. The topological polar surface area (TPSA) is 54.9 Å². The summed E-state index contributed by atoms with van der Waals surface area (Å²) < 4.78 is 1.03. The Morgan fingerprint density at radius 3 is 2.70 bits per heavy atom. The van der Waals surface area contributed by atoms with Crippen LogP contribution in [-0.4, -0.2) is 15.9 Å². The summed E-state index contributed by atoms with van der Waals surface area (Å²) in [5, 5.41) is 8.44. The number of amides is 1. The van der Waals surface area contributed by atoms with Crippen molar-refractivity contribution in [2.75, 3.05) is 5.32 Å². The van der Waals surface area contributed by atoms with E-state index in [4.69, 9.17) is 0 Å². The Balaban J connectivity index is 1.44. The van der Waals surface area contributed by atoms with Crippen LogP contribution in [0.4, 0.5) is 5.13 Å². The second-order valence-electron chi connectivity index (χ2n) is 5.78. The highest BCUT2D eigenvalue weighted by atomic mass is 79.9. The zero-order valence-electron chi connectivity index (χ0n) is 14.2. The fourth-order valence-corrected chi connectivity index (χ4v) is 5.31. The Bertz CT molecular complexity index is 1070. The number of aromatic nitrogens is 2. The van der Waals surface area contributed by atoms with Crippen molar-refractivity contribution in [1.82, 2.24) is 9.97 Å². The van der Waals surface area contributed by atoms with E-state index in [2.05, 4.69) is 31.2 Å². The van der Waals surface area contributed by atoms with Gasteiger partial charge in [0.2, 0.25) is 5.91 Å². The number of nitrogens with zero attached hydrogens (tertiary/aromatic N) is 2. The van der Waals surface area contributed by atoms with Crippen molar-refractivity contribution < 1.29 is 4.79 Å². The maximum Gasteiger partial charge on any atom is 0.232 e. The molecule has 4 nitrogen and oxygen atoms in total. The predicted molar refractivity (Wildman–Crippen MR) is 118 cm³/mol. The SMILES string of the molecule is Cc1sc(NC(=O)Cc2csc(-c3cccs3)n2)nc1-c1ccc(Br)cc1. The Labute approximate surface area is 177 Å². The van der Waals surface area contributed by atoms with Crippen molar-refractivity contribution in [2.24, 2.45) is 0 Å². The van der Waals surface area contributed by atoms with Gasteiger partial charge in [0, 0.05) is 20.3 Å². The number of anilines is 1. The van der Waals surface area contributed by atoms with Crippen molar-refractivity contribution >= 4 is 61.0 Å². The maximum absolute atomic E-state index is 12.4. The molecule has 0 spiro atoms. The third-order valence-corrected chi connectivity index (χ3v) is 7.13. The molecule has 0 aliphatic rings. The van der Waals surface area contributed by atoms with Crippen molar-refractivity contribution in [2.45, 2.75) is 13.3 Å². The quantitative estimate of drug-likeness (QED) is 0.371. The predicted octanol–water partition coefficient (Wildman–Crippen LogP) is 6.25. The molecule has 4 rings (SSSR count). The lowest BCUT2D eigenvalue weighted by Gasteiger charge is -2.00. The lowest BCUT2D eigenvalue weighted by Crippen LogP contribution is -2.14. The van der Waals surface area contributed by atoms with Gasteiger partial charge in [-0.15, -0.1) is 34.0 Å². The van der Waals surface area contributed by atoms with Gasteiger partial charge < -0.3 is 5.32 Å².